The Morgan fingerprint density at radius 2 is 0.500 bits per heavy atom. The zero-order valence-corrected chi connectivity index (χ0v) is 14.0. The third-order valence-corrected chi connectivity index (χ3v) is 0. The first kappa shape index (κ1) is 67.9. The summed E-state index contributed by atoms with van der Waals surface area (Å²) in [4.78, 5) is 0. The fourth-order valence-electron chi connectivity index (χ4n) is 0. The van der Waals surface area contributed by atoms with Crippen LogP contribution in [0, 0.1) is 47.3 Å². The number of hydrogen-bond donors (Lipinski definition) is 1. The van der Waals surface area contributed by atoms with E-state index in [-0.39, 0.29) is 126 Å². The Balaban J connectivity index is -0.00000000267. The zero-order chi connectivity index (χ0) is 8.00. The molecule has 0 aromatic carbocycles. The standard InChI is InChI=1S/4CN.Cu.2K.H3N/c4*1-2;;;;/h;;;;;;;1H3/q4*-1;+2;2*+1;. The molecule has 8 heteroatoms. The maximum absolute atomic E-state index is 6.25. The Kier molecular flexibility index (Phi) is 3370. The molecule has 0 saturated heterocycles. The van der Waals surface area contributed by atoms with E-state index in [4.69, 9.17) is 47.3 Å². The van der Waals surface area contributed by atoms with Gasteiger partial charge in [0.1, 0.15) is 0 Å². The molecule has 12 heavy (non-hydrogen) atoms. The summed E-state index contributed by atoms with van der Waals surface area (Å²) in [5, 5.41) is 25.0. The molecule has 0 amide bonds. The van der Waals surface area contributed by atoms with Crippen molar-refractivity contribution in [2.75, 3.05) is 0 Å². The molecular weight excluding hydrogens is 260 g/mol. The molecule has 0 spiro atoms. The van der Waals surface area contributed by atoms with Gasteiger partial charge in [-0.25, -0.2) is 0 Å². The van der Waals surface area contributed by atoms with E-state index in [1.165, 1.54) is 0 Å². The van der Waals surface area contributed by atoms with Crippen LogP contribution in [0.2, 0.25) is 0 Å². The smallest absolute Gasteiger partial charge is 0.512 e. The Hall–Kier alpha value is 1.71. The molecule has 0 rings (SSSR count). The first-order valence-corrected chi connectivity index (χ1v) is 0.894. The predicted octanol–water partition coefficient (Wildman–Crippen LogP) is -5.45. The van der Waals surface area contributed by atoms with Gasteiger partial charge in [-0.05, 0) is 0 Å². The second kappa shape index (κ2) is 595. The van der Waals surface area contributed by atoms with Crippen LogP contribution in [0.1, 0.15) is 0 Å². The van der Waals surface area contributed by atoms with E-state index >= 15 is 0 Å². The van der Waals surface area contributed by atoms with Crippen molar-refractivity contribution in [1.29, 1.82) is 21.0 Å². The van der Waals surface area contributed by atoms with Crippen molar-refractivity contribution in [1.82, 2.24) is 6.15 Å². The summed E-state index contributed by atoms with van der Waals surface area (Å²) < 4.78 is 0. The molecule has 57 valence electrons. The molecule has 0 unspecified atom stereocenters. The fraction of sp³-hybridized carbons (Fsp3) is 0. The number of rotatable bonds is 0. The van der Waals surface area contributed by atoms with E-state index in [2.05, 4.69) is 0 Å². The monoisotopic (exact) mass is 262 g/mol. The molecule has 0 heterocycles. The SMILES string of the molecule is N.[C-]#N.[C-]#N.[C-]#N.[C-]#N.[Cu+2].[K+].[K+]. The van der Waals surface area contributed by atoms with Crippen LogP contribution in [-0.4, -0.2) is 0 Å². The molecular formula is C4H3CuK2N5. The van der Waals surface area contributed by atoms with Crippen LogP contribution in [0.4, 0.5) is 0 Å². The minimum Gasteiger partial charge on any atom is -0.512 e. The van der Waals surface area contributed by atoms with Crippen LogP contribution in [0.3, 0.4) is 0 Å². The van der Waals surface area contributed by atoms with Gasteiger partial charge in [-0.1, -0.05) is 0 Å². The van der Waals surface area contributed by atoms with Crippen LogP contribution in [-0.2, 0) is 17.1 Å². The molecule has 0 bridgehead atoms. The Morgan fingerprint density at radius 1 is 0.500 bits per heavy atom. The van der Waals surface area contributed by atoms with Gasteiger partial charge >= 0.3 is 120 Å². The normalized spacial score (nSPS) is 0.667. The third-order valence-electron chi connectivity index (χ3n) is 0. The van der Waals surface area contributed by atoms with Crippen molar-refractivity contribution in [3.05, 3.63) is 26.3 Å². The third kappa shape index (κ3) is 458. The van der Waals surface area contributed by atoms with Gasteiger partial charge < -0.3 is 53.5 Å². The van der Waals surface area contributed by atoms with Crippen LogP contribution in [0.15, 0.2) is 0 Å². The average Bonchev–Trinajstić information content (AvgIpc) is 2.03. The van der Waals surface area contributed by atoms with Crippen LogP contribution < -0.4 is 109 Å². The summed E-state index contributed by atoms with van der Waals surface area (Å²) in [6, 6.07) is 0. The minimum atomic E-state index is 0. The molecule has 0 aliphatic rings. The summed E-state index contributed by atoms with van der Waals surface area (Å²) in [5.74, 6) is 0. The number of hydrogen-bond acceptors (Lipinski definition) is 5. The van der Waals surface area contributed by atoms with Gasteiger partial charge in [-0.15, -0.1) is 0 Å². The van der Waals surface area contributed by atoms with E-state index < -0.39 is 0 Å². The summed E-state index contributed by atoms with van der Waals surface area (Å²) >= 11 is 0. The van der Waals surface area contributed by atoms with Gasteiger partial charge in [-0.3, -0.25) is 0 Å². The van der Waals surface area contributed by atoms with E-state index in [1.807, 2.05) is 0 Å². The van der Waals surface area contributed by atoms with Gasteiger partial charge in [0, 0.05) is 0 Å². The topological polar surface area (TPSA) is 130 Å². The molecule has 1 radical (unpaired) electrons. The molecule has 0 aromatic rings. The van der Waals surface area contributed by atoms with E-state index in [1.54, 1.807) is 0 Å². The van der Waals surface area contributed by atoms with Gasteiger partial charge in [0.2, 0.25) is 0 Å². The molecule has 0 atom stereocenters. The summed E-state index contributed by atoms with van der Waals surface area (Å²) in [5.41, 5.74) is 0. The minimum absolute atomic E-state index is 0. The van der Waals surface area contributed by atoms with Crippen molar-refractivity contribution in [3.63, 3.8) is 0 Å². The average molecular weight is 263 g/mol. The summed E-state index contributed by atoms with van der Waals surface area (Å²) in [6.45, 7) is 19.0. The Morgan fingerprint density at radius 3 is 0.500 bits per heavy atom. The summed E-state index contributed by atoms with van der Waals surface area (Å²) in [6.07, 6.45) is 0. The van der Waals surface area contributed by atoms with Crippen molar-refractivity contribution in [2.45, 2.75) is 0 Å². The molecule has 3 N–H and O–H groups in total. The van der Waals surface area contributed by atoms with E-state index in [0.717, 1.165) is 0 Å². The first-order valence-electron chi connectivity index (χ1n) is 0.894. The molecule has 0 aromatic heterocycles. The maximum atomic E-state index is 6.25. The molecule has 0 aliphatic heterocycles. The maximum Gasteiger partial charge on any atom is 2.00 e. The molecule has 0 aliphatic carbocycles. The van der Waals surface area contributed by atoms with Crippen molar-refractivity contribution in [2.24, 2.45) is 0 Å². The quantitative estimate of drug-likeness (QED) is 0.344. The van der Waals surface area contributed by atoms with E-state index in [9.17, 15) is 0 Å². The first-order chi connectivity index (χ1) is 4.00. The van der Waals surface area contributed by atoms with E-state index in [0.29, 0.717) is 0 Å². The largest absolute Gasteiger partial charge is 2.00 e. The fourth-order valence-corrected chi connectivity index (χ4v) is 0. The second-order valence-electron chi connectivity index (χ2n) is 0. The van der Waals surface area contributed by atoms with Crippen molar-refractivity contribution in [3.8, 4) is 0 Å². The van der Waals surface area contributed by atoms with Gasteiger partial charge in [0.25, 0.3) is 0 Å². The Labute approximate surface area is 169 Å². The summed E-state index contributed by atoms with van der Waals surface area (Å²) in [7, 11) is 0. The Bertz CT molecular complexity index is 64.4. The van der Waals surface area contributed by atoms with Gasteiger partial charge in [0.15, 0.2) is 0 Å². The van der Waals surface area contributed by atoms with Crippen molar-refractivity contribution < 1.29 is 120 Å². The van der Waals surface area contributed by atoms with Crippen molar-refractivity contribution >= 4 is 0 Å². The molecule has 5 nitrogen and oxygen atoms in total. The molecule has 0 fully saturated rings. The number of nitrogens with zero attached hydrogens (tertiary/aromatic N) is 4. The van der Waals surface area contributed by atoms with Gasteiger partial charge in [0.05, 0.1) is 0 Å². The predicted molar refractivity (Wildman–Crippen MR) is 24.9 cm³/mol. The van der Waals surface area contributed by atoms with Crippen LogP contribution >= 0.6 is 0 Å². The van der Waals surface area contributed by atoms with Gasteiger partial charge in [-0.2, -0.15) is 0 Å². The molecule has 0 saturated carbocycles. The van der Waals surface area contributed by atoms with Crippen LogP contribution in [0.5, 0.6) is 0 Å². The second-order valence-corrected chi connectivity index (χ2v) is 0. The zero-order valence-electron chi connectivity index (χ0n) is 6.80. The van der Waals surface area contributed by atoms with Crippen LogP contribution in [0.25, 0.3) is 0 Å².